The highest BCUT2D eigenvalue weighted by molar-refractivity contribution is 5.94. The lowest BCUT2D eigenvalue weighted by Crippen LogP contribution is -2.21. The minimum Gasteiger partial charge on any atom is -0.325 e. The van der Waals surface area contributed by atoms with E-state index < -0.39 is 0 Å². The molecular weight excluding hydrogens is 204 g/mol. The summed E-state index contributed by atoms with van der Waals surface area (Å²) in [7, 11) is 0. The van der Waals surface area contributed by atoms with Crippen molar-refractivity contribution in [2.24, 2.45) is 5.73 Å². The van der Waals surface area contributed by atoms with Gasteiger partial charge in [0.25, 0.3) is 0 Å². The number of benzene rings is 1. The summed E-state index contributed by atoms with van der Waals surface area (Å²) in [5.74, 6) is -0.193. The lowest BCUT2D eigenvalue weighted by atomic mass is 10.2. The number of nitrogens with two attached hydrogens (primary N) is 1. The maximum atomic E-state index is 11.2. The van der Waals surface area contributed by atoms with Gasteiger partial charge in [0.1, 0.15) is 0 Å². The Kier molecular flexibility index (Phi) is 2.87. The van der Waals surface area contributed by atoms with Crippen LogP contribution in [0.25, 0.3) is 10.9 Å². The summed E-state index contributed by atoms with van der Waals surface area (Å²) < 4.78 is 1.88. The van der Waals surface area contributed by atoms with Gasteiger partial charge < -0.3 is 11.1 Å². The van der Waals surface area contributed by atoms with Crippen LogP contribution in [0.4, 0.5) is 5.69 Å². The summed E-state index contributed by atoms with van der Waals surface area (Å²) in [5.41, 5.74) is 7.00. The Hall–Kier alpha value is -1.88. The zero-order chi connectivity index (χ0) is 11.5. The maximum absolute atomic E-state index is 11.2. The van der Waals surface area contributed by atoms with Gasteiger partial charge in [-0.3, -0.25) is 9.48 Å². The monoisotopic (exact) mass is 218 g/mol. The molecule has 3 N–H and O–H groups in total. The summed E-state index contributed by atoms with van der Waals surface area (Å²) in [5, 5.41) is 8.02. The second-order valence-electron chi connectivity index (χ2n) is 3.49. The fourth-order valence-electron chi connectivity index (χ4n) is 1.61. The average molecular weight is 218 g/mol. The first-order valence-corrected chi connectivity index (χ1v) is 5.20. The van der Waals surface area contributed by atoms with Crippen molar-refractivity contribution in [3.8, 4) is 0 Å². The fourth-order valence-corrected chi connectivity index (χ4v) is 1.61. The minimum absolute atomic E-state index is 0.00885. The number of nitrogens with one attached hydrogen (secondary N) is 1. The molecule has 0 fully saturated rings. The van der Waals surface area contributed by atoms with Crippen molar-refractivity contribution in [1.82, 2.24) is 9.78 Å². The molecule has 0 saturated heterocycles. The number of rotatable bonds is 3. The summed E-state index contributed by atoms with van der Waals surface area (Å²) in [6.07, 6.45) is 1.81. The zero-order valence-electron chi connectivity index (χ0n) is 9.10. The van der Waals surface area contributed by atoms with Crippen molar-refractivity contribution in [2.45, 2.75) is 13.5 Å². The first kappa shape index (κ1) is 10.6. The fraction of sp³-hybridized carbons (Fsp3) is 0.273. The van der Waals surface area contributed by atoms with Crippen LogP contribution in [0, 0.1) is 0 Å². The van der Waals surface area contributed by atoms with Gasteiger partial charge in [-0.15, -0.1) is 0 Å². The van der Waals surface area contributed by atoms with E-state index in [4.69, 9.17) is 5.73 Å². The molecule has 0 aliphatic rings. The first-order chi connectivity index (χ1) is 7.74. The van der Waals surface area contributed by atoms with E-state index in [1.165, 1.54) is 0 Å². The van der Waals surface area contributed by atoms with Gasteiger partial charge in [-0.1, -0.05) is 0 Å². The van der Waals surface area contributed by atoms with Crippen LogP contribution in [0.5, 0.6) is 0 Å². The van der Waals surface area contributed by atoms with Crippen LogP contribution in [-0.4, -0.2) is 22.2 Å². The molecule has 0 atom stereocenters. The van der Waals surface area contributed by atoms with Crippen LogP contribution >= 0.6 is 0 Å². The molecule has 2 rings (SSSR count). The van der Waals surface area contributed by atoms with Crippen LogP contribution in [0.15, 0.2) is 24.4 Å². The molecule has 1 aromatic heterocycles. The molecule has 0 bridgehead atoms. The number of anilines is 1. The van der Waals surface area contributed by atoms with Crippen molar-refractivity contribution in [3.05, 3.63) is 24.4 Å². The maximum Gasteiger partial charge on any atom is 0.238 e. The third-order valence-electron chi connectivity index (χ3n) is 2.41. The van der Waals surface area contributed by atoms with Gasteiger partial charge in [-0.25, -0.2) is 0 Å². The summed E-state index contributed by atoms with van der Waals surface area (Å²) in [6.45, 7) is 2.82. The second-order valence-corrected chi connectivity index (χ2v) is 3.49. The van der Waals surface area contributed by atoms with Gasteiger partial charge in [-0.05, 0) is 25.1 Å². The molecule has 5 nitrogen and oxygen atoms in total. The van der Waals surface area contributed by atoms with Crippen LogP contribution in [0.3, 0.4) is 0 Å². The second kappa shape index (κ2) is 4.32. The number of fused-ring (bicyclic) bond motifs is 1. The molecule has 5 heteroatoms. The number of nitrogens with zero attached hydrogens (tertiary/aromatic N) is 2. The van der Waals surface area contributed by atoms with E-state index in [1.54, 1.807) is 0 Å². The third-order valence-corrected chi connectivity index (χ3v) is 2.41. The molecule has 1 aromatic carbocycles. The van der Waals surface area contributed by atoms with E-state index in [9.17, 15) is 4.79 Å². The van der Waals surface area contributed by atoms with E-state index in [0.29, 0.717) is 0 Å². The molecular formula is C11H14N4O. The Morgan fingerprint density at radius 1 is 1.56 bits per heavy atom. The predicted molar refractivity (Wildman–Crippen MR) is 63.1 cm³/mol. The average Bonchev–Trinajstić information content (AvgIpc) is 2.71. The smallest absolute Gasteiger partial charge is 0.238 e. The Bertz CT molecular complexity index is 518. The van der Waals surface area contributed by atoms with Crippen LogP contribution < -0.4 is 11.1 Å². The molecule has 0 aliphatic heterocycles. The van der Waals surface area contributed by atoms with Crippen molar-refractivity contribution in [1.29, 1.82) is 0 Å². The quantitative estimate of drug-likeness (QED) is 0.805. The Labute approximate surface area is 93.2 Å². The van der Waals surface area contributed by atoms with E-state index in [-0.39, 0.29) is 12.5 Å². The number of amides is 1. The van der Waals surface area contributed by atoms with E-state index in [0.717, 1.165) is 23.1 Å². The number of carbonyl (C=O) groups is 1. The molecule has 16 heavy (non-hydrogen) atoms. The predicted octanol–water partition coefficient (Wildman–Crippen LogP) is 0.953. The third kappa shape index (κ3) is 1.90. The van der Waals surface area contributed by atoms with Gasteiger partial charge >= 0.3 is 0 Å². The van der Waals surface area contributed by atoms with Crippen LogP contribution in [-0.2, 0) is 11.3 Å². The largest absolute Gasteiger partial charge is 0.325 e. The lowest BCUT2D eigenvalue weighted by molar-refractivity contribution is -0.114. The van der Waals surface area contributed by atoms with Gasteiger partial charge in [0.05, 0.1) is 18.3 Å². The number of hydrogen-bond acceptors (Lipinski definition) is 3. The SMILES string of the molecule is CCn1ncc2ccc(NC(=O)CN)cc21. The molecule has 0 radical (unpaired) electrons. The van der Waals surface area contributed by atoms with Crippen LogP contribution in [0.2, 0.25) is 0 Å². The molecule has 1 heterocycles. The van der Waals surface area contributed by atoms with E-state index >= 15 is 0 Å². The highest BCUT2D eigenvalue weighted by atomic mass is 16.1. The van der Waals surface area contributed by atoms with E-state index in [2.05, 4.69) is 10.4 Å². The summed E-state index contributed by atoms with van der Waals surface area (Å²) in [4.78, 5) is 11.2. The molecule has 84 valence electrons. The highest BCUT2D eigenvalue weighted by Gasteiger charge is 2.04. The highest BCUT2D eigenvalue weighted by Crippen LogP contribution is 2.18. The van der Waals surface area contributed by atoms with Crippen LogP contribution in [0.1, 0.15) is 6.92 Å². The molecule has 0 aliphatic carbocycles. The number of carbonyl (C=O) groups excluding carboxylic acids is 1. The topological polar surface area (TPSA) is 72.9 Å². The Morgan fingerprint density at radius 3 is 3.06 bits per heavy atom. The normalized spacial score (nSPS) is 10.6. The van der Waals surface area contributed by atoms with Crippen molar-refractivity contribution < 1.29 is 4.79 Å². The van der Waals surface area contributed by atoms with Crippen molar-refractivity contribution in [3.63, 3.8) is 0 Å². The van der Waals surface area contributed by atoms with Crippen molar-refractivity contribution >= 4 is 22.5 Å². The Morgan fingerprint density at radius 2 is 2.38 bits per heavy atom. The van der Waals surface area contributed by atoms with Gasteiger partial charge in [0, 0.05) is 17.6 Å². The van der Waals surface area contributed by atoms with Gasteiger partial charge in [0.15, 0.2) is 0 Å². The molecule has 2 aromatic rings. The summed E-state index contributed by atoms with van der Waals surface area (Å²) >= 11 is 0. The van der Waals surface area contributed by atoms with Gasteiger partial charge in [-0.2, -0.15) is 5.10 Å². The Balaban J connectivity index is 2.37. The van der Waals surface area contributed by atoms with Crippen molar-refractivity contribution in [2.75, 3.05) is 11.9 Å². The molecule has 1 amide bonds. The zero-order valence-corrected chi connectivity index (χ0v) is 9.10. The minimum atomic E-state index is -0.193. The summed E-state index contributed by atoms with van der Waals surface area (Å²) in [6, 6.07) is 5.68. The molecule has 0 unspecified atom stereocenters. The number of aromatic nitrogens is 2. The lowest BCUT2D eigenvalue weighted by Gasteiger charge is -2.04. The van der Waals surface area contributed by atoms with E-state index in [1.807, 2.05) is 36.0 Å². The molecule has 0 spiro atoms. The first-order valence-electron chi connectivity index (χ1n) is 5.20. The number of aryl methyl sites for hydroxylation is 1. The molecule has 0 saturated carbocycles. The standard InChI is InChI=1S/C11H14N4O/c1-2-15-10-5-9(14-11(16)6-12)4-3-8(10)7-13-15/h3-5,7H,2,6,12H2,1H3,(H,14,16). The van der Waals surface area contributed by atoms with Gasteiger partial charge in [0.2, 0.25) is 5.91 Å². The number of hydrogen-bond donors (Lipinski definition) is 2.